The van der Waals surface area contributed by atoms with E-state index < -0.39 is 6.10 Å². The molecular formula is C24H22ClFN4OS. The van der Waals surface area contributed by atoms with Gasteiger partial charge in [0.15, 0.2) is 0 Å². The molecule has 8 heteroatoms. The van der Waals surface area contributed by atoms with Crippen LogP contribution in [0.1, 0.15) is 28.9 Å². The van der Waals surface area contributed by atoms with Crippen LogP contribution in [-0.2, 0) is 6.54 Å². The zero-order valence-electron chi connectivity index (χ0n) is 17.2. The van der Waals surface area contributed by atoms with Crippen molar-refractivity contribution in [3.8, 4) is 11.3 Å². The maximum Gasteiger partial charge on any atom is 0.123 e. The molecule has 3 atom stereocenters. The van der Waals surface area contributed by atoms with Crippen molar-refractivity contribution in [2.75, 3.05) is 6.54 Å². The summed E-state index contributed by atoms with van der Waals surface area (Å²) >= 11 is 7.84. The van der Waals surface area contributed by atoms with E-state index in [1.54, 1.807) is 28.2 Å². The van der Waals surface area contributed by atoms with Gasteiger partial charge in [-0.15, -0.1) is 16.4 Å². The van der Waals surface area contributed by atoms with Crippen LogP contribution in [0.15, 0.2) is 72.2 Å². The Kier molecular flexibility index (Phi) is 6.06. The summed E-state index contributed by atoms with van der Waals surface area (Å²) in [5.41, 5.74) is 2.60. The van der Waals surface area contributed by atoms with Crippen molar-refractivity contribution in [3.05, 3.63) is 93.5 Å². The minimum absolute atomic E-state index is 0.0984. The molecule has 3 heterocycles. The Hall–Kier alpha value is -2.58. The van der Waals surface area contributed by atoms with E-state index in [1.165, 1.54) is 17.0 Å². The average molecular weight is 469 g/mol. The van der Waals surface area contributed by atoms with Crippen LogP contribution in [0, 0.1) is 5.82 Å². The lowest BCUT2D eigenvalue weighted by Crippen LogP contribution is -2.46. The number of nitrogens with zero attached hydrogens (tertiary/aromatic N) is 4. The molecule has 5 rings (SSSR count). The molecule has 1 saturated heterocycles. The van der Waals surface area contributed by atoms with Crippen LogP contribution in [0.25, 0.3) is 11.3 Å². The average Bonchev–Trinajstić information content (AvgIpc) is 3.48. The predicted octanol–water partition coefficient (Wildman–Crippen LogP) is 5.35. The monoisotopic (exact) mass is 468 g/mol. The summed E-state index contributed by atoms with van der Waals surface area (Å²) in [5, 5.41) is 22.4. The van der Waals surface area contributed by atoms with E-state index in [2.05, 4.69) is 38.8 Å². The zero-order valence-corrected chi connectivity index (χ0v) is 18.8. The number of hydrogen-bond donors (Lipinski definition) is 1. The van der Waals surface area contributed by atoms with Gasteiger partial charge < -0.3 is 5.11 Å². The van der Waals surface area contributed by atoms with E-state index in [0.717, 1.165) is 17.7 Å². The van der Waals surface area contributed by atoms with Crippen LogP contribution in [0.3, 0.4) is 0 Å². The van der Waals surface area contributed by atoms with Gasteiger partial charge in [0.2, 0.25) is 0 Å². The highest BCUT2D eigenvalue weighted by molar-refractivity contribution is 7.09. The topological polar surface area (TPSA) is 54.2 Å². The first-order valence-corrected chi connectivity index (χ1v) is 11.7. The lowest BCUT2D eigenvalue weighted by molar-refractivity contribution is -0.0131. The Morgan fingerprint density at radius 3 is 2.59 bits per heavy atom. The van der Waals surface area contributed by atoms with E-state index in [1.807, 2.05) is 24.4 Å². The Balaban J connectivity index is 1.43. The van der Waals surface area contributed by atoms with Gasteiger partial charge in [-0.2, -0.15) is 0 Å². The number of piperidine rings is 1. The first kappa shape index (κ1) is 21.3. The second-order valence-electron chi connectivity index (χ2n) is 8.04. The summed E-state index contributed by atoms with van der Waals surface area (Å²) in [4.78, 5) is 3.57. The van der Waals surface area contributed by atoms with Gasteiger partial charge in [-0.25, -0.2) is 9.07 Å². The second-order valence-corrected chi connectivity index (χ2v) is 9.51. The summed E-state index contributed by atoms with van der Waals surface area (Å²) in [5.74, 6) is -0.291. The number of thiophene rings is 1. The second kappa shape index (κ2) is 9.11. The van der Waals surface area contributed by atoms with Gasteiger partial charge in [0.1, 0.15) is 11.5 Å². The summed E-state index contributed by atoms with van der Waals surface area (Å²) in [7, 11) is 0. The van der Waals surface area contributed by atoms with Gasteiger partial charge in [-0.1, -0.05) is 35.0 Å². The Labute approximate surface area is 194 Å². The normalized spacial score (nSPS) is 21.7. The molecule has 2 aromatic heterocycles. The molecule has 0 aliphatic carbocycles. The molecule has 32 heavy (non-hydrogen) atoms. The fourth-order valence-corrected chi connectivity index (χ4v) is 5.16. The molecule has 0 amide bonds. The highest BCUT2D eigenvalue weighted by Crippen LogP contribution is 2.38. The van der Waals surface area contributed by atoms with Gasteiger partial charge in [-0.3, -0.25) is 4.90 Å². The number of halogens is 2. The number of β-amino-alcohol motifs (C(OH)–C–C–N with tert-alkyl or cyclic N) is 1. The maximum atomic E-state index is 13.3. The molecule has 0 saturated carbocycles. The van der Waals surface area contributed by atoms with E-state index in [4.69, 9.17) is 11.6 Å². The molecule has 2 aromatic carbocycles. The van der Waals surface area contributed by atoms with E-state index in [0.29, 0.717) is 23.7 Å². The summed E-state index contributed by atoms with van der Waals surface area (Å²) < 4.78 is 15.0. The van der Waals surface area contributed by atoms with Crippen molar-refractivity contribution in [1.82, 2.24) is 19.9 Å². The standard InChI is InChI=1S/C24H22ClFN4OS/c25-18-7-3-17(4-8-18)22-12-23(24(31)15-29(22)13-20-2-1-11-32-20)30-14-21(27-28-30)16-5-9-19(26)10-6-16/h1-11,14,22-24,31H,12-13,15H2. The minimum Gasteiger partial charge on any atom is -0.390 e. The molecule has 3 unspecified atom stereocenters. The van der Waals surface area contributed by atoms with Crippen LogP contribution in [0.5, 0.6) is 0 Å². The third-order valence-corrected chi connectivity index (χ3v) is 7.07. The van der Waals surface area contributed by atoms with Crippen molar-refractivity contribution in [2.24, 2.45) is 0 Å². The predicted molar refractivity (Wildman–Crippen MR) is 124 cm³/mol. The largest absolute Gasteiger partial charge is 0.390 e. The fraction of sp³-hybridized carbons (Fsp3) is 0.250. The number of hydrogen-bond acceptors (Lipinski definition) is 5. The maximum absolute atomic E-state index is 13.3. The Bertz CT molecular complexity index is 1160. The fourth-order valence-electron chi connectivity index (χ4n) is 4.31. The highest BCUT2D eigenvalue weighted by atomic mass is 35.5. The summed E-state index contributed by atoms with van der Waals surface area (Å²) in [6.07, 6.45) is 1.91. The number of aliphatic hydroxyl groups is 1. The minimum atomic E-state index is -0.596. The number of aliphatic hydroxyl groups excluding tert-OH is 1. The van der Waals surface area contributed by atoms with E-state index >= 15 is 0 Å². The molecule has 0 bridgehead atoms. The smallest absolute Gasteiger partial charge is 0.123 e. The Morgan fingerprint density at radius 1 is 1.09 bits per heavy atom. The number of rotatable bonds is 5. The van der Waals surface area contributed by atoms with Crippen LogP contribution in [-0.4, -0.2) is 37.6 Å². The summed E-state index contributed by atoms with van der Waals surface area (Å²) in [6.45, 7) is 1.29. The molecule has 1 N–H and O–H groups in total. The van der Waals surface area contributed by atoms with Gasteiger partial charge >= 0.3 is 0 Å². The van der Waals surface area contributed by atoms with Crippen LogP contribution < -0.4 is 0 Å². The van der Waals surface area contributed by atoms with Crippen LogP contribution in [0.4, 0.5) is 4.39 Å². The Morgan fingerprint density at radius 2 is 1.88 bits per heavy atom. The van der Waals surface area contributed by atoms with Crippen molar-refractivity contribution >= 4 is 22.9 Å². The first-order chi connectivity index (χ1) is 15.6. The summed E-state index contributed by atoms with van der Waals surface area (Å²) in [6, 6.07) is 18.1. The molecule has 1 fully saturated rings. The number of likely N-dealkylation sites (tertiary alicyclic amines) is 1. The molecule has 1 aliphatic rings. The molecule has 0 radical (unpaired) electrons. The third kappa shape index (κ3) is 4.47. The molecular weight excluding hydrogens is 447 g/mol. The molecule has 5 nitrogen and oxygen atoms in total. The molecule has 4 aromatic rings. The highest BCUT2D eigenvalue weighted by Gasteiger charge is 2.37. The van der Waals surface area contributed by atoms with Crippen molar-refractivity contribution in [3.63, 3.8) is 0 Å². The lowest BCUT2D eigenvalue weighted by atomic mass is 9.90. The van der Waals surface area contributed by atoms with Gasteiger partial charge in [0.25, 0.3) is 0 Å². The molecule has 164 valence electrons. The van der Waals surface area contributed by atoms with Gasteiger partial charge in [-0.05, 0) is 59.8 Å². The van der Waals surface area contributed by atoms with Gasteiger partial charge in [0, 0.05) is 34.6 Å². The molecule has 0 spiro atoms. The van der Waals surface area contributed by atoms with E-state index in [-0.39, 0.29) is 17.9 Å². The van der Waals surface area contributed by atoms with E-state index in [9.17, 15) is 9.50 Å². The van der Waals surface area contributed by atoms with Crippen molar-refractivity contribution < 1.29 is 9.50 Å². The first-order valence-electron chi connectivity index (χ1n) is 10.4. The van der Waals surface area contributed by atoms with Crippen LogP contribution >= 0.6 is 22.9 Å². The quantitative estimate of drug-likeness (QED) is 0.429. The SMILES string of the molecule is OC1CN(Cc2cccs2)C(c2ccc(Cl)cc2)CC1n1cc(-c2ccc(F)cc2)nn1. The van der Waals surface area contributed by atoms with Gasteiger partial charge in [0.05, 0.1) is 18.3 Å². The lowest BCUT2D eigenvalue weighted by Gasteiger charge is -2.42. The van der Waals surface area contributed by atoms with Crippen LogP contribution in [0.2, 0.25) is 5.02 Å². The zero-order chi connectivity index (χ0) is 22.1. The number of benzene rings is 2. The number of aromatic nitrogens is 3. The van der Waals surface area contributed by atoms with Crippen molar-refractivity contribution in [1.29, 1.82) is 0 Å². The third-order valence-electron chi connectivity index (χ3n) is 5.96. The van der Waals surface area contributed by atoms with Crippen molar-refractivity contribution in [2.45, 2.75) is 31.2 Å². The molecule has 1 aliphatic heterocycles.